The van der Waals surface area contributed by atoms with Gasteiger partial charge >= 0.3 is 6.09 Å². The average Bonchev–Trinajstić information content (AvgIpc) is 2.47. The molecule has 1 atom stereocenters. The van der Waals surface area contributed by atoms with Crippen molar-refractivity contribution < 1.29 is 9.53 Å². The van der Waals surface area contributed by atoms with E-state index >= 15 is 0 Å². The molecule has 0 bridgehead atoms. The van der Waals surface area contributed by atoms with Crippen LogP contribution in [0.2, 0.25) is 0 Å². The Labute approximate surface area is 114 Å². The molecule has 104 valence electrons. The zero-order valence-electron chi connectivity index (χ0n) is 11.3. The number of carbonyl (C=O) groups excluding carboxylic acids is 1. The smallest absolute Gasteiger partial charge is 0.409 e. The van der Waals surface area contributed by atoms with Gasteiger partial charge in [-0.1, -0.05) is 30.3 Å². The first-order valence-corrected chi connectivity index (χ1v) is 6.97. The lowest BCUT2D eigenvalue weighted by molar-refractivity contribution is 0.0901. The second kappa shape index (κ2) is 7.14. The lowest BCUT2D eigenvalue weighted by atomic mass is 10.1. The highest BCUT2D eigenvalue weighted by Gasteiger charge is 2.18. The van der Waals surface area contributed by atoms with Crippen molar-refractivity contribution in [2.75, 3.05) is 19.7 Å². The van der Waals surface area contributed by atoms with Gasteiger partial charge in [0.25, 0.3) is 0 Å². The Hall–Kier alpha value is -1.55. The third kappa shape index (κ3) is 4.56. The number of amides is 1. The van der Waals surface area contributed by atoms with Gasteiger partial charge in [0.1, 0.15) is 6.61 Å². The topological polar surface area (TPSA) is 55.6 Å². The number of hydrogen-bond donors (Lipinski definition) is 1. The van der Waals surface area contributed by atoms with E-state index in [4.69, 9.17) is 10.5 Å². The van der Waals surface area contributed by atoms with E-state index in [-0.39, 0.29) is 18.7 Å². The molecule has 0 radical (unpaired) electrons. The molecule has 0 aliphatic carbocycles. The van der Waals surface area contributed by atoms with E-state index in [1.807, 2.05) is 30.3 Å². The molecule has 1 heterocycles. The Morgan fingerprint density at radius 3 is 2.58 bits per heavy atom. The Bertz CT molecular complexity index is 388. The molecule has 2 rings (SSSR count). The van der Waals surface area contributed by atoms with Crippen LogP contribution < -0.4 is 5.73 Å². The largest absolute Gasteiger partial charge is 0.448 e. The molecule has 1 aliphatic rings. The molecule has 1 aromatic carbocycles. The normalized spacial score (nSPS) is 17.0. The Balaban J connectivity index is 1.71. The van der Waals surface area contributed by atoms with E-state index in [9.17, 15) is 4.79 Å². The van der Waals surface area contributed by atoms with E-state index in [0.29, 0.717) is 0 Å². The lowest BCUT2D eigenvalue weighted by Gasteiger charge is -2.26. The summed E-state index contributed by atoms with van der Waals surface area (Å²) in [7, 11) is 0. The minimum atomic E-state index is -0.219. The van der Waals surface area contributed by atoms with E-state index in [1.165, 1.54) is 12.0 Å². The van der Waals surface area contributed by atoms with Crippen LogP contribution in [0, 0.1) is 0 Å². The van der Waals surface area contributed by atoms with Crippen molar-refractivity contribution in [2.24, 2.45) is 5.73 Å². The first-order valence-electron chi connectivity index (χ1n) is 6.97. The second-order valence-corrected chi connectivity index (χ2v) is 5.07. The van der Waals surface area contributed by atoms with Crippen LogP contribution in [0.25, 0.3) is 0 Å². The average molecular weight is 262 g/mol. The number of carbonyl (C=O) groups is 1. The van der Waals surface area contributed by atoms with Gasteiger partial charge in [0.05, 0.1) is 0 Å². The minimum Gasteiger partial charge on any atom is -0.448 e. The summed E-state index contributed by atoms with van der Waals surface area (Å²) in [6, 6.07) is 9.88. The van der Waals surface area contributed by atoms with E-state index in [2.05, 4.69) is 0 Å². The van der Waals surface area contributed by atoms with Crippen molar-refractivity contribution in [3.05, 3.63) is 35.9 Å². The predicted molar refractivity (Wildman–Crippen MR) is 74.9 cm³/mol. The molecule has 1 amide bonds. The van der Waals surface area contributed by atoms with Crippen LogP contribution in [0.15, 0.2) is 30.3 Å². The molecule has 4 nitrogen and oxygen atoms in total. The summed E-state index contributed by atoms with van der Waals surface area (Å²) in [5, 5.41) is 0. The third-order valence-corrected chi connectivity index (χ3v) is 3.38. The van der Waals surface area contributed by atoms with Gasteiger partial charge in [-0.05, 0) is 31.2 Å². The molecule has 1 fully saturated rings. The number of likely N-dealkylation sites (tertiary alicyclic amines) is 1. The third-order valence-electron chi connectivity index (χ3n) is 3.38. The zero-order valence-corrected chi connectivity index (χ0v) is 11.3. The van der Waals surface area contributed by atoms with Gasteiger partial charge in [0.2, 0.25) is 0 Å². The fourth-order valence-corrected chi connectivity index (χ4v) is 2.32. The lowest BCUT2D eigenvalue weighted by Crippen LogP contribution is -2.39. The number of nitrogens with two attached hydrogens (primary N) is 1. The van der Waals surface area contributed by atoms with E-state index in [1.54, 1.807) is 4.90 Å². The maximum atomic E-state index is 11.8. The van der Waals surface area contributed by atoms with Gasteiger partial charge in [-0.25, -0.2) is 4.79 Å². The van der Waals surface area contributed by atoms with Gasteiger partial charge < -0.3 is 15.4 Å². The molecule has 0 spiro atoms. The molecule has 1 saturated heterocycles. The second-order valence-electron chi connectivity index (χ2n) is 5.07. The number of rotatable bonds is 4. The Morgan fingerprint density at radius 2 is 1.89 bits per heavy atom. The van der Waals surface area contributed by atoms with Gasteiger partial charge in [-0.3, -0.25) is 0 Å². The van der Waals surface area contributed by atoms with Crippen LogP contribution >= 0.6 is 0 Å². The monoisotopic (exact) mass is 262 g/mol. The fraction of sp³-hybridized carbons (Fsp3) is 0.533. The van der Waals surface area contributed by atoms with Crippen molar-refractivity contribution in [3.8, 4) is 0 Å². The van der Waals surface area contributed by atoms with E-state index < -0.39 is 0 Å². The summed E-state index contributed by atoms with van der Waals surface area (Å²) >= 11 is 0. The number of nitrogens with zero attached hydrogens (tertiary/aromatic N) is 1. The minimum absolute atomic E-state index is 0.142. The highest BCUT2D eigenvalue weighted by molar-refractivity contribution is 5.67. The summed E-state index contributed by atoms with van der Waals surface area (Å²) in [6.45, 7) is 1.91. The van der Waals surface area contributed by atoms with Gasteiger partial charge in [-0.2, -0.15) is 0 Å². The summed E-state index contributed by atoms with van der Waals surface area (Å²) in [5.41, 5.74) is 7.16. The maximum Gasteiger partial charge on any atom is 0.409 e. The number of hydrogen-bond acceptors (Lipinski definition) is 3. The highest BCUT2D eigenvalue weighted by Crippen LogP contribution is 2.10. The summed E-state index contributed by atoms with van der Waals surface area (Å²) < 4.78 is 5.28. The van der Waals surface area contributed by atoms with Crippen LogP contribution in [-0.2, 0) is 11.2 Å². The summed E-state index contributed by atoms with van der Waals surface area (Å²) in [4.78, 5) is 13.6. The zero-order chi connectivity index (χ0) is 13.5. The van der Waals surface area contributed by atoms with Crippen LogP contribution in [-0.4, -0.2) is 36.7 Å². The number of ether oxygens (including phenoxy) is 1. The maximum absolute atomic E-state index is 11.8. The van der Waals surface area contributed by atoms with Crippen molar-refractivity contribution in [3.63, 3.8) is 0 Å². The first kappa shape index (κ1) is 13.9. The molecular weight excluding hydrogens is 240 g/mol. The van der Waals surface area contributed by atoms with Crippen molar-refractivity contribution in [1.29, 1.82) is 0 Å². The molecule has 4 heteroatoms. The van der Waals surface area contributed by atoms with Gasteiger partial charge in [0, 0.05) is 19.1 Å². The molecule has 19 heavy (non-hydrogen) atoms. The molecule has 0 saturated carbocycles. The highest BCUT2D eigenvalue weighted by atomic mass is 16.6. The van der Waals surface area contributed by atoms with Crippen LogP contribution in [0.1, 0.15) is 24.8 Å². The Morgan fingerprint density at radius 1 is 1.21 bits per heavy atom. The molecule has 1 unspecified atom stereocenters. The first-order chi connectivity index (χ1) is 9.25. The van der Waals surface area contributed by atoms with Crippen molar-refractivity contribution in [1.82, 2.24) is 4.90 Å². The standard InChI is InChI=1S/C15H22N2O2/c16-14(11-13-7-3-1-4-8-13)12-19-15(18)17-9-5-2-6-10-17/h1,3-4,7-8,14H,2,5-6,9-12,16H2. The fourth-order valence-electron chi connectivity index (χ4n) is 2.32. The molecule has 1 aliphatic heterocycles. The van der Waals surface area contributed by atoms with Crippen LogP contribution in [0.5, 0.6) is 0 Å². The molecule has 1 aromatic rings. The van der Waals surface area contributed by atoms with Crippen LogP contribution in [0.3, 0.4) is 0 Å². The summed E-state index contributed by atoms with van der Waals surface area (Å²) in [5.74, 6) is 0. The van der Waals surface area contributed by atoms with Crippen molar-refractivity contribution >= 4 is 6.09 Å². The van der Waals surface area contributed by atoms with Gasteiger partial charge in [0.15, 0.2) is 0 Å². The van der Waals surface area contributed by atoms with E-state index in [0.717, 1.165) is 32.4 Å². The predicted octanol–water partition coefficient (Wildman–Crippen LogP) is 2.18. The summed E-state index contributed by atoms with van der Waals surface area (Å²) in [6.07, 6.45) is 3.87. The van der Waals surface area contributed by atoms with Gasteiger partial charge in [-0.15, -0.1) is 0 Å². The SMILES string of the molecule is NC(COC(=O)N1CCCCC1)Cc1ccccc1. The molecule has 0 aromatic heterocycles. The number of piperidine rings is 1. The quantitative estimate of drug-likeness (QED) is 0.904. The molecular formula is C15H22N2O2. The van der Waals surface area contributed by atoms with Crippen LogP contribution in [0.4, 0.5) is 4.79 Å². The number of benzene rings is 1. The molecule has 2 N–H and O–H groups in total. The Kier molecular flexibility index (Phi) is 5.21. The van der Waals surface area contributed by atoms with Crippen molar-refractivity contribution in [2.45, 2.75) is 31.7 Å².